The number of nitrogens with two attached hydrogens (primary N) is 1. The standard InChI is InChI=1S/C12H21NO2S/c13-16(14,15)2-1-12-6-9-3-10(7-12)5-11(4-9)8-12/h9-11H,1-8H2,(H2,13,14,15). The van der Waals surface area contributed by atoms with E-state index in [-0.39, 0.29) is 5.75 Å². The van der Waals surface area contributed by atoms with E-state index in [1.807, 2.05) is 0 Å². The lowest BCUT2D eigenvalue weighted by Crippen LogP contribution is -2.46. The van der Waals surface area contributed by atoms with Crippen LogP contribution < -0.4 is 5.14 Å². The van der Waals surface area contributed by atoms with Crippen molar-refractivity contribution >= 4 is 10.0 Å². The number of primary sulfonamides is 1. The second-order valence-corrected chi connectivity index (χ2v) is 8.27. The molecule has 4 heteroatoms. The largest absolute Gasteiger partial charge is 0.229 e. The predicted molar refractivity (Wildman–Crippen MR) is 63.2 cm³/mol. The van der Waals surface area contributed by atoms with E-state index in [1.165, 1.54) is 38.5 Å². The van der Waals surface area contributed by atoms with Crippen molar-refractivity contribution in [3.05, 3.63) is 0 Å². The van der Waals surface area contributed by atoms with Gasteiger partial charge in [-0.1, -0.05) is 0 Å². The van der Waals surface area contributed by atoms with Crippen LogP contribution in [-0.2, 0) is 10.0 Å². The highest BCUT2D eigenvalue weighted by Crippen LogP contribution is 2.61. The van der Waals surface area contributed by atoms with Crippen molar-refractivity contribution < 1.29 is 8.42 Å². The van der Waals surface area contributed by atoms with Crippen LogP contribution in [0.2, 0.25) is 0 Å². The van der Waals surface area contributed by atoms with Crippen LogP contribution in [0.25, 0.3) is 0 Å². The molecular formula is C12H21NO2S. The zero-order valence-electron chi connectivity index (χ0n) is 9.69. The Morgan fingerprint density at radius 1 is 1.00 bits per heavy atom. The second-order valence-electron chi connectivity index (χ2n) is 6.53. The van der Waals surface area contributed by atoms with Crippen molar-refractivity contribution in [1.82, 2.24) is 0 Å². The molecule has 4 rings (SSSR count). The van der Waals surface area contributed by atoms with Gasteiger partial charge in [0.2, 0.25) is 10.0 Å². The fourth-order valence-corrected chi connectivity index (χ4v) is 5.67. The lowest BCUT2D eigenvalue weighted by molar-refractivity contribution is -0.0540. The Kier molecular flexibility index (Phi) is 2.38. The highest BCUT2D eigenvalue weighted by molar-refractivity contribution is 7.89. The summed E-state index contributed by atoms with van der Waals surface area (Å²) in [4.78, 5) is 0. The first-order valence-electron chi connectivity index (χ1n) is 6.45. The average molecular weight is 243 g/mol. The van der Waals surface area contributed by atoms with Crippen molar-refractivity contribution in [1.29, 1.82) is 0 Å². The molecule has 4 bridgehead atoms. The van der Waals surface area contributed by atoms with Gasteiger partial charge in [0, 0.05) is 0 Å². The summed E-state index contributed by atoms with van der Waals surface area (Å²) in [5.41, 5.74) is 0.348. The molecule has 0 radical (unpaired) electrons. The maximum Gasteiger partial charge on any atom is 0.209 e. The van der Waals surface area contributed by atoms with Gasteiger partial charge >= 0.3 is 0 Å². The molecule has 0 unspecified atom stereocenters. The third-order valence-corrected chi connectivity index (χ3v) is 5.86. The van der Waals surface area contributed by atoms with E-state index < -0.39 is 10.0 Å². The van der Waals surface area contributed by atoms with Gasteiger partial charge in [-0.3, -0.25) is 0 Å². The van der Waals surface area contributed by atoms with Crippen molar-refractivity contribution in [3.8, 4) is 0 Å². The van der Waals surface area contributed by atoms with Crippen molar-refractivity contribution in [3.63, 3.8) is 0 Å². The normalized spacial score (nSPS) is 46.2. The van der Waals surface area contributed by atoms with Crippen LogP contribution >= 0.6 is 0 Å². The molecule has 0 aliphatic heterocycles. The third-order valence-electron chi connectivity index (χ3n) is 5.08. The summed E-state index contributed by atoms with van der Waals surface area (Å²) in [7, 11) is -3.27. The molecule has 3 nitrogen and oxygen atoms in total. The molecule has 0 atom stereocenters. The number of rotatable bonds is 3. The molecule has 4 saturated carbocycles. The summed E-state index contributed by atoms with van der Waals surface area (Å²) >= 11 is 0. The fourth-order valence-electron chi connectivity index (χ4n) is 4.95. The summed E-state index contributed by atoms with van der Waals surface area (Å²) in [6, 6.07) is 0. The highest BCUT2D eigenvalue weighted by Gasteiger charge is 2.50. The second kappa shape index (κ2) is 3.45. The molecule has 2 N–H and O–H groups in total. The van der Waals surface area contributed by atoms with E-state index in [9.17, 15) is 8.42 Å². The van der Waals surface area contributed by atoms with Crippen LogP contribution in [-0.4, -0.2) is 14.2 Å². The smallest absolute Gasteiger partial charge is 0.209 e. The minimum Gasteiger partial charge on any atom is -0.229 e. The summed E-state index contributed by atoms with van der Waals surface area (Å²) in [6.45, 7) is 0. The monoisotopic (exact) mass is 243 g/mol. The van der Waals surface area contributed by atoms with E-state index >= 15 is 0 Å². The van der Waals surface area contributed by atoms with Gasteiger partial charge in [0.1, 0.15) is 0 Å². The molecule has 0 saturated heterocycles. The maximum atomic E-state index is 11.1. The molecule has 4 aliphatic carbocycles. The number of hydrogen-bond acceptors (Lipinski definition) is 2. The first-order chi connectivity index (χ1) is 7.44. The zero-order valence-corrected chi connectivity index (χ0v) is 10.5. The van der Waals surface area contributed by atoms with Gasteiger partial charge < -0.3 is 0 Å². The van der Waals surface area contributed by atoms with Gasteiger partial charge in [0.05, 0.1) is 5.75 Å². The van der Waals surface area contributed by atoms with Crippen LogP contribution in [0.5, 0.6) is 0 Å². The summed E-state index contributed by atoms with van der Waals surface area (Å²) < 4.78 is 22.2. The Balaban J connectivity index is 1.74. The Morgan fingerprint density at radius 3 is 1.81 bits per heavy atom. The van der Waals surface area contributed by atoms with Gasteiger partial charge in [-0.25, -0.2) is 13.6 Å². The van der Waals surface area contributed by atoms with Crippen LogP contribution in [0, 0.1) is 23.2 Å². The molecule has 0 aromatic carbocycles. The van der Waals surface area contributed by atoms with E-state index in [0.717, 1.165) is 24.2 Å². The van der Waals surface area contributed by atoms with Crippen molar-refractivity contribution in [2.45, 2.75) is 44.9 Å². The van der Waals surface area contributed by atoms with E-state index in [2.05, 4.69) is 0 Å². The first kappa shape index (κ1) is 11.0. The van der Waals surface area contributed by atoms with E-state index in [0.29, 0.717) is 5.41 Å². The number of hydrogen-bond donors (Lipinski definition) is 1. The quantitative estimate of drug-likeness (QED) is 0.822. The molecule has 0 aromatic rings. The fraction of sp³-hybridized carbons (Fsp3) is 1.00. The third kappa shape index (κ3) is 2.02. The van der Waals surface area contributed by atoms with E-state index in [1.54, 1.807) is 0 Å². The topological polar surface area (TPSA) is 60.2 Å². The molecule has 0 amide bonds. The molecule has 0 aromatic heterocycles. The lowest BCUT2D eigenvalue weighted by Gasteiger charge is -2.57. The zero-order chi connectivity index (χ0) is 11.4. The molecule has 92 valence electrons. The van der Waals surface area contributed by atoms with Crippen LogP contribution in [0.4, 0.5) is 0 Å². The molecule has 4 aliphatic rings. The van der Waals surface area contributed by atoms with Crippen LogP contribution in [0.1, 0.15) is 44.9 Å². The Hall–Kier alpha value is -0.0900. The Bertz CT molecular complexity index is 353. The number of sulfonamides is 1. The molecule has 0 spiro atoms. The molecule has 16 heavy (non-hydrogen) atoms. The average Bonchev–Trinajstić information content (AvgIpc) is 2.11. The van der Waals surface area contributed by atoms with Gasteiger partial charge in [-0.05, 0) is 68.1 Å². The SMILES string of the molecule is NS(=O)(=O)CCC12CC3CC(CC(C3)C1)C2. The molecule has 4 fully saturated rings. The molecular weight excluding hydrogens is 222 g/mol. The molecule has 0 heterocycles. The van der Waals surface area contributed by atoms with Gasteiger partial charge in [0.15, 0.2) is 0 Å². The maximum absolute atomic E-state index is 11.1. The highest BCUT2D eigenvalue weighted by atomic mass is 32.2. The van der Waals surface area contributed by atoms with E-state index in [4.69, 9.17) is 5.14 Å². The summed E-state index contributed by atoms with van der Waals surface area (Å²) in [5.74, 6) is 2.88. The van der Waals surface area contributed by atoms with Crippen LogP contribution in [0.15, 0.2) is 0 Å². The van der Waals surface area contributed by atoms with Crippen molar-refractivity contribution in [2.75, 3.05) is 5.75 Å². The van der Waals surface area contributed by atoms with Gasteiger partial charge in [-0.2, -0.15) is 0 Å². The minimum absolute atomic E-state index is 0.194. The Morgan fingerprint density at radius 2 is 1.44 bits per heavy atom. The van der Waals surface area contributed by atoms with Crippen molar-refractivity contribution in [2.24, 2.45) is 28.3 Å². The summed E-state index contributed by atoms with van der Waals surface area (Å²) in [5, 5.41) is 5.14. The first-order valence-corrected chi connectivity index (χ1v) is 8.16. The Labute approximate surface area is 97.8 Å². The summed E-state index contributed by atoms with van der Waals surface area (Å²) in [6.07, 6.45) is 8.87. The minimum atomic E-state index is -3.27. The van der Waals surface area contributed by atoms with Gasteiger partial charge in [0.25, 0.3) is 0 Å². The van der Waals surface area contributed by atoms with Crippen LogP contribution in [0.3, 0.4) is 0 Å². The lowest BCUT2D eigenvalue weighted by atomic mass is 9.49. The van der Waals surface area contributed by atoms with Gasteiger partial charge in [-0.15, -0.1) is 0 Å². The predicted octanol–water partition coefficient (Wildman–Crippen LogP) is 1.88.